The molecule has 2 rings (SSSR count). The molecule has 0 aromatic carbocycles. The summed E-state index contributed by atoms with van der Waals surface area (Å²) in [7, 11) is 0. The second-order valence-corrected chi connectivity index (χ2v) is 5.07. The molecule has 0 bridgehead atoms. The summed E-state index contributed by atoms with van der Waals surface area (Å²) in [5, 5.41) is 3.64. The molecule has 2 heterocycles. The van der Waals surface area contributed by atoms with E-state index in [-0.39, 0.29) is 0 Å². The second-order valence-electron chi connectivity index (χ2n) is 5.07. The highest BCUT2D eigenvalue weighted by Crippen LogP contribution is 2.06. The third kappa shape index (κ3) is 5.27. The van der Waals surface area contributed by atoms with Crippen LogP contribution in [0.1, 0.15) is 25.3 Å². The molecule has 1 fully saturated rings. The predicted molar refractivity (Wildman–Crippen MR) is 77.0 cm³/mol. The molecule has 1 aliphatic heterocycles. The Hall–Kier alpha value is -0.970. The van der Waals surface area contributed by atoms with Crippen molar-refractivity contribution in [3.63, 3.8) is 0 Å². The fraction of sp³-hybridized carbons (Fsp3) is 0.667. The van der Waals surface area contributed by atoms with Crippen molar-refractivity contribution in [3.8, 4) is 0 Å². The fourth-order valence-electron chi connectivity index (χ4n) is 2.42. The van der Waals surface area contributed by atoms with Gasteiger partial charge in [-0.3, -0.25) is 9.88 Å². The van der Waals surface area contributed by atoms with E-state index in [1.54, 1.807) is 0 Å². The van der Waals surface area contributed by atoms with Crippen LogP contribution < -0.4 is 5.32 Å². The SMILES string of the molecule is CCN(CCNC1CCOCC1)Cc1ccncc1. The van der Waals surface area contributed by atoms with Crippen molar-refractivity contribution < 1.29 is 4.74 Å². The van der Waals surface area contributed by atoms with Crippen LogP contribution in [0, 0.1) is 0 Å². The van der Waals surface area contributed by atoms with E-state index in [0.29, 0.717) is 6.04 Å². The highest BCUT2D eigenvalue weighted by molar-refractivity contribution is 5.09. The first-order valence-electron chi connectivity index (χ1n) is 7.31. The summed E-state index contributed by atoms with van der Waals surface area (Å²) in [5.41, 5.74) is 1.34. The molecule has 0 amide bonds. The van der Waals surface area contributed by atoms with Crippen molar-refractivity contribution in [1.29, 1.82) is 0 Å². The molecule has 0 saturated carbocycles. The maximum atomic E-state index is 5.37. The number of nitrogens with one attached hydrogen (secondary N) is 1. The molecule has 106 valence electrons. The van der Waals surface area contributed by atoms with Crippen LogP contribution in [-0.4, -0.2) is 48.8 Å². The van der Waals surface area contributed by atoms with Crippen molar-refractivity contribution in [2.75, 3.05) is 32.8 Å². The average Bonchev–Trinajstić information content (AvgIpc) is 2.48. The molecule has 1 saturated heterocycles. The van der Waals surface area contributed by atoms with Gasteiger partial charge in [0.2, 0.25) is 0 Å². The Balaban J connectivity index is 1.67. The van der Waals surface area contributed by atoms with Crippen molar-refractivity contribution in [2.24, 2.45) is 0 Å². The van der Waals surface area contributed by atoms with Crippen LogP contribution in [0.5, 0.6) is 0 Å². The molecule has 1 aliphatic rings. The summed E-state index contributed by atoms with van der Waals surface area (Å²) in [6, 6.07) is 4.83. The molecule has 0 atom stereocenters. The summed E-state index contributed by atoms with van der Waals surface area (Å²) in [5.74, 6) is 0. The lowest BCUT2D eigenvalue weighted by Crippen LogP contribution is -2.39. The molecule has 1 N–H and O–H groups in total. The van der Waals surface area contributed by atoms with Gasteiger partial charge in [0, 0.05) is 51.3 Å². The van der Waals surface area contributed by atoms with Crippen molar-refractivity contribution in [1.82, 2.24) is 15.2 Å². The number of nitrogens with zero attached hydrogens (tertiary/aromatic N) is 2. The summed E-state index contributed by atoms with van der Waals surface area (Å²) >= 11 is 0. The van der Waals surface area contributed by atoms with E-state index in [0.717, 1.165) is 52.2 Å². The Morgan fingerprint density at radius 3 is 2.74 bits per heavy atom. The monoisotopic (exact) mass is 263 g/mol. The zero-order chi connectivity index (χ0) is 13.3. The number of ether oxygens (including phenoxy) is 1. The van der Waals surface area contributed by atoms with Gasteiger partial charge >= 0.3 is 0 Å². The average molecular weight is 263 g/mol. The van der Waals surface area contributed by atoms with E-state index in [2.05, 4.69) is 34.3 Å². The minimum absolute atomic E-state index is 0.647. The van der Waals surface area contributed by atoms with Crippen LogP contribution in [0.2, 0.25) is 0 Å². The number of pyridine rings is 1. The third-order valence-corrected chi connectivity index (χ3v) is 3.69. The number of rotatable bonds is 7. The van der Waals surface area contributed by atoms with Gasteiger partial charge < -0.3 is 10.1 Å². The zero-order valence-electron chi connectivity index (χ0n) is 11.8. The molecule has 19 heavy (non-hydrogen) atoms. The van der Waals surface area contributed by atoms with Crippen LogP contribution in [-0.2, 0) is 11.3 Å². The van der Waals surface area contributed by atoms with Crippen LogP contribution >= 0.6 is 0 Å². The maximum Gasteiger partial charge on any atom is 0.0480 e. The van der Waals surface area contributed by atoms with Gasteiger partial charge in [-0.05, 0) is 37.1 Å². The molecule has 0 aliphatic carbocycles. The van der Waals surface area contributed by atoms with Crippen LogP contribution in [0.25, 0.3) is 0 Å². The summed E-state index contributed by atoms with van der Waals surface area (Å²) < 4.78 is 5.37. The first-order valence-corrected chi connectivity index (χ1v) is 7.31. The lowest BCUT2D eigenvalue weighted by atomic mass is 10.1. The summed E-state index contributed by atoms with van der Waals surface area (Å²) in [4.78, 5) is 6.52. The minimum atomic E-state index is 0.647. The van der Waals surface area contributed by atoms with E-state index >= 15 is 0 Å². The lowest BCUT2D eigenvalue weighted by Gasteiger charge is -2.26. The maximum absolute atomic E-state index is 5.37. The Bertz CT molecular complexity index is 339. The Morgan fingerprint density at radius 1 is 1.32 bits per heavy atom. The Kier molecular flexibility index (Phi) is 6.27. The Labute approximate surface area is 116 Å². The highest BCUT2D eigenvalue weighted by atomic mass is 16.5. The van der Waals surface area contributed by atoms with Crippen molar-refractivity contribution >= 4 is 0 Å². The van der Waals surface area contributed by atoms with Crippen LogP contribution in [0.3, 0.4) is 0 Å². The standard InChI is InChI=1S/C15H25N3O/c1-2-18(13-14-3-7-16-8-4-14)10-9-17-15-5-11-19-12-6-15/h3-4,7-8,15,17H,2,5-6,9-13H2,1H3. The highest BCUT2D eigenvalue weighted by Gasteiger charge is 2.13. The molecule has 0 radical (unpaired) electrons. The normalized spacial score (nSPS) is 16.9. The Morgan fingerprint density at radius 2 is 2.05 bits per heavy atom. The van der Waals surface area contributed by atoms with Crippen LogP contribution in [0.15, 0.2) is 24.5 Å². The van der Waals surface area contributed by atoms with Gasteiger partial charge in [0.05, 0.1) is 0 Å². The smallest absolute Gasteiger partial charge is 0.0480 e. The van der Waals surface area contributed by atoms with Gasteiger partial charge in [0.25, 0.3) is 0 Å². The third-order valence-electron chi connectivity index (χ3n) is 3.69. The van der Waals surface area contributed by atoms with E-state index in [9.17, 15) is 0 Å². The first kappa shape index (κ1) is 14.4. The predicted octanol–water partition coefficient (Wildman–Crippen LogP) is 1.67. The van der Waals surface area contributed by atoms with E-state index in [1.807, 2.05) is 12.4 Å². The van der Waals surface area contributed by atoms with E-state index < -0.39 is 0 Å². The van der Waals surface area contributed by atoms with Crippen molar-refractivity contribution in [3.05, 3.63) is 30.1 Å². The van der Waals surface area contributed by atoms with E-state index in [1.165, 1.54) is 5.56 Å². The number of hydrogen-bond acceptors (Lipinski definition) is 4. The summed E-state index contributed by atoms with van der Waals surface area (Å²) in [6.45, 7) is 8.28. The van der Waals surface area contributed by atoms with Gasteiger partial charge in [-0.15, -0.1) is 0 Å². The zero-order valence-corrected chi connectivity index (χ0v) is 11.8. The van der Waals surface area contributed by atoms with Gasteiger partial charge in [-0.2, -0.15) is 0 Å². The van der Waals surface area contributed by atoms with E-state index in [4.69, 9.17) is 4.74 Å². The van der Waals surface area contributed by atoms with Crippen molar-refractivity contribution in [2.45, 2.75) is 32.4 Å². The quantitative estimate of drug-likeness (QED) is 0.812. The number of likely N-dealkylation sites (N-methyl/N-ethyl adjacent to an activating group) is 1. The molecule has 1 aromatic rings. The molecule has 0 unspecified atom stereocenters. The molecule has 4 heteroatoms. The molecular formula is C15H25N3O. The topological polar surface area (TPSA) is 37.4 Å². The molecule has 1 aromatic heterocycles. The molecule has 0 spiro atoms. The molecular weight excluding hydrogens is 238 g/mol. The lowest BCUT2D eigenvalue weighted by molar-refractivity contribution is 0.0772. The minimum Gasteiger partial charge on any atom is -0.381 e. The van der Waals surface area contributed by atoms with Gasteiger partial charge in [-0.1, -0.05) is 6.92 Å². The van der Waals surface area contributed by atoms with Gasteiger partial charge in [-0.25, -0.2) is 0 Å². The number of aromatic nitrogens is 1. The summed E-state index contributed by atoms with van der Waals surface area (Å²) in [6.07, 6.45) is 6.03. The number of hydrogen-bond donors (Lipinski definition) is 1. The second kappa shape index (κ2) is 8.25. The van der Waals surface area contributed by atoms with Gasteiger partial charge in [0.1, 0.15) is 0 Å². The fourth-order valence-corrected chi connectivity index (χ4v) is 2.42. The largest absolute Gasteiger partial charge is 0.381 e. The molecule has 4 nitrogen and oxygen atoms in total. The first-order chi connectivity index (χ1) is 9.38. The van der Waals surface area contributed by atoms with Crippen LogP contribution in [0.4, 0.5) is 0 Å². The van der Waals surface area contributed by atoms with Gasteiger partial charge in [0.15, 0.2) is 0 Å².